The smallest absolute Gasteiger partial charge is 0.323 e. The second-order valence-electron chi connectivity index (χ2n) is 8.59. The summed E-state index contributed by atoms with van der Waals surface area (Å²) < 4.78 is 11.4. The number of hydrogen-bond donors (Lipinski definition) is 1. The fraction of sp³-hybridized carbons (Fsp3) is 0.286. The summed E-state index contributed by atoms with van der Waals surface area (Å²) in [5.74, 6) is -0.362. The molecule has 0 fully saturated rings. The molecule has 0 spiro atoms. The van der Waals surface area contributed by atoms with Crippen molar-refractivity contribution in [3.05, 3.63) is 81.8 Å². The minimum Gasteiger partial charge on any atom is -0.496 e. The summed E-state index contributed by atoms with van der Waals surface area (Å²) >= 11 is 13.1. The van der Waals surface area contributed by atoms with Crippen LogP contribution < -0.4 is 14.4 Å². The number of halogens is 2. The van der Waals surface area contributed by atoms with Gasteiger partial charge in [-0.3, -0.25) is 9.59 Å². The first-order valence-electron chi connectivity index (χ1n) is 11.6. The zero-order chi connectivity index (χ0) is 26.4. The number of carboxylic acids is 1. The van der Waals surface area contributed by atoms with Gasteiger partial charge in [0.2, 0.25) is 5.91 Å². The van der Waals surface area contributed by atoms with Crippen LogP contribution in [0.25, 0.3) is 0 Å². The van der Waals surface area contributed by atoms with E-state index in [0.29, 0.717) is 12.2 Å². The van der Waals surface area contributed by atoms with Crippen LogP contribution in [0, 0.1) is 0 Å². The molecule has 1 amide bonds. The highest BCUT2D eigenvalue weighted by molar-refractivity contribution is 6.37. The molecule has 0 aliphatic carbocycles. The van der Waals surface area contributed by atoms with Crippen LogP contribution in [-0.2, 0) is 9.59 Å². The van der Waals surface area contributed by atoms with Crippen LogP contribution >= 0.6 is 23.2 Å². The van der Waals surface area contributed by atoms with Gasteiger partial charge in [-0.05, 0) is 48.2 Å². The van der Waals surface area contributed by atoms with Gasteiger partial charge in [-0.15, -0.1) is 0 Å². The van der Waals surface area contributed by atoms with Crippen LogP contribution in [-0.4, -0.2) is 30.6 Å². The monoisotopic (exact) mass is 529 g/mol. The van der Waals surface area contributed by atoms with Crippen LogP contribution in [0.4, 0.5) is 5.69 Å². The van der Waals surface area contributed by atoms with Gasteiger partial charge in [-0.25, -0.2) is 0 Å². The third-order valence-electron chi connectivity index (χ3n) is 5.81. The molecule has 3 aromatic rings. The number of benzene rings is 3. The predicted octanol–water partition coefficient (Wildman–Crippen LogP) is 7.53. The molecule has 0 heterocycles. The number of hydrogen-bond acceptors (Lipinski definition) is 4. The average molecular weight is 530 g/mol. The summed E-state index contributed by atoms with van der Waals surface area (Å²) in [6.07, 6.45) is 0.497. The molecule has 3 aromatic carbocycles. The molecule has 0 saturated carbocycles. The molecule has 0 radical (unpaired) electrons. The number of anilines is 1. The molecule has 3 rings (SSSR count). The molecule has 1 unspecified atom stereocenters. The van der Waals surface area contributed by atoms with Crippen LogP contribution in [0.1, 0.15) is 50.2 Å². The number of carbonyl (C=O) groups excluding carboxylic acids is 1. The van der Waals surface area contributed by atoms with E-state index < -0.39 is 18.4 Å². The Bertz CT molecular complexity index is 1210. The highest BCUT2D eigenvalue weighted by Gasteiger charge is 2.28. The van der Waals surface area contributed by atoms with E-state index >= 15 is 0 Å². The minimum absolute atomic E-state index is 0.148. The number of carbonyl (C=O) groups is 2. The Labute approximate surface area is 221 Å². The number of carboxylic acid groups (broad SMARTS) is 1. The van der Waals surface area contributed by atoms with Crippen molar-refractivity contribution in [3.8, 4) is 17.2 Å². The molecule has 0 aliphatic rings. The second kappa shape index (κ2) is 12.2. The number of methoxy groups -OCH3 is 1. The number of amides is 1. The van der Waals surface area contributed by atoms with Crippen LogP contribution in [0.5, 0.6) is 17.2 Å². The van der Waals surface area contributed by atoms with Gasteiger partial charge < -0.3 is 19.5 Å². The van der Waals surface area contributed by atoms with Gasteiger partial charge in [-0.1, -0.05) is 74.3 Å². The van der Waals surface area contributed by atoms with Crippen molar-refractivity contribution in [2.24, 2.45) is 0 Å². The molecule has 0 aromatic heterocycles. The zero-order valence-electron chi connectivity index (χ0n) is 20.6. The lowest BCUT2D eigenvalue weighted by Crippen LogP contribution is -2.39. The van der Waals surface area contributed by atoms with Gasteiger partial charge in [0, 0.05) is 11.3 Å². The first-order valence-corrected chi connectivity index (χ1v) is 12.3. The van der Waals surface area contributed by atoms with E-state index in [9.17, 15) is 14.7 Å². The van der Waals surface area contributed by atoms with E-state index in [4.69, 9.17) is 32.7 Å². The molecule has 1 N–H and O–H groups in total. The van der Waals surface area contributed by atoms with E-state index in [1.807, 2.05) is 63.2 Å². The fourth-order valence-corrected chi connectivity index (χ4v) is 4.56. The van der Waals surface area contributed by atoms with Gasteiger partial charge >= 0.3 is 5.97 Å². The van der Waals surface area contributed by atoms with Crippen molar-refractivity contribution in [1.29, 1.82) is 0 Å². The molecule has 0 aliphatic heterocycles. The van der Waals surface area contributed by atoms with Crippen LogP contribution in [0.3, 0.4) is 0 Å². The largest absolute Gasteiger partial charge is 0.496 e. The van der Waals surface area contributed by atoms with Gasteiger partial charge in [0.15, 0.2) is 5.75 Å². The van der Waals surface area contributed by atoms with Crippen molar-refractivity contribution in [2.45, 2.75) is 39.0 Å². The van der Waals surface area contributed by atoms with E-state index in [1.165, 1.54) is 17.0 Å². The van der Waals surface area contributed by atoms with Crippen LogP contribution in [0.15, 0.2) is 60.7 Å². The maximum atomic E-state index is 13.5. The van der Waals surface area contributed by atoms with Crippen molar-refractivity contribution in [2.75, 3.05) is 18.6 Å². The molecule has 36 heavy (non-hydrogen) atoms. The quantitative estimate of drug-likeness (QED) is 0.293. The predicted molar refractivity (Wildman–Crippen MR) is 143 cm³/mol. The minimum atomic E-state index is -1.15. The molecular formula is C28H29Cl2NO5. The third-order valence-corrected chi connectivity index (χ3v) is 6.37. The summed E-state index contributed by atoms with van der Waals surface area (Å²) in [6, 6.07) is 17.6. The van der Waals surface area contributed by atoms with Crippen LogP contribution in [0.2, 0.25) is 10.0 Å². The standard InChI is InChI=1S/C28H29Cl2NO5/c1-5-21(18-9-7-6-8-10-18)28(34)31(16-26(32)33)19-13-23(29)27(24(30)14-19)36-20-11-12-25(35-4)22(15-20)17(2)3/h6-15,17,21H,5,16H2,1-4H3,(H,32,33). The van der Waals surface area contributed by atoms with Crippen molar-refractivity contribution in [1.82, 2.24) is 0 Å². The molecule has 0 bridgehead atoms. The topological polar surface area (TPSA) is 76.1 Å². The first kappa shape index (κ1) is 27.4. The van der Waals surface area contributed by atoms with E-state index in [2.05, 4.69) is 0 Å². The Hall–Kier alpha value is -3.22. The lowest BCUT2D eigenvalue weighted by Gasteiger charge is -2.27. The number of ether oxygens (including phenoxy) is 2. The molecule has 1 atom stereocenters. The van der Waals surface area contributed by atoms with Crippen molar-refractivity contribution < 1.29 is 24.2 Å². The van der Waals surface area contributed by atoms with Gasteiger partial charge in [0.1, 0.15) is 18.0 Å². The lowest BCUT2D eigenvalue weighted by atomic mass is 9.94. The Morgan fingerprint density at radius 3 is 2.17 bits per heavy atom. The summed E-state index contributed by atoms with van der Waals surface area (Å²) in [5.41, 5.74) is 2.04. The Kier molecular flexibility index (Phi) is 9.24. The van der Waals surface area contributed by atoms with Crippen molar-refractivity contribution >= 4 is 40.8 Å². The number of aliphatic carboxylic acids is 1. The fourth-order valence-electron chi connectivity index (χ4n) is 4.00. The number of nitrogens with zero attached hydrogens (tertiary/aromatic N) is 1. The van der Waals surface area contributed by atoms with E-state index in [-0.39, 0.29) is 33.3 Å². The molecule has 0 saturated heterocycles. The summed E-state index contributed by atoms with van der Waals surface area (Å²) in [5, 5.41) is 9.82. The first-order chi connectivity index (χ1) is 17.2. The summed E-state index contributed by atoms with van der Waals surface area (Å²) in [7, 11) is 1.61. The molecule has 190 valence electrons. The highest BCUT2D eigenvalue weighted by Crippen LogP contribution is 2.41. The molecular weight excluding hydrogens is 501 g/mol. The zero-order valence-corrected chi connectivity index (χ0v) is 22.1. The number of rotatable bonds is 10. The van der Waals surface area contributed by atoms with Crippen molar-refractivity contribution in [3.63, 3.8) is 0 Å². The Balaban J connectivity index is 1.97. The molecule has 6 nitrogen and oxygen atoms in total. The van der Waals surface area contributed by atoms with E-state index in [0.717, 1.165) is 16.9 Å². The summed E-state index contributed by atoms with van der Waals surface area (Å²) in [6.45, 7) is 5.43. The lowest BCUT2D eigenvalue weighted by molar-refractivity contribution is -0.136. The second-order valence-corrected chi connectivity index (χ2v) is 9.40. The maximum absolute atomic E-state index is 13.5. The summed E-state index contributed by atoms with van der Waals surface area (Å²) in [4.78, 5) is 26.4. The van der Waals surface area contributed by atoms with E-state index in [1.54, 1.807) is 13.2 Å². The normalized spacial score (nSPS) is 11.8. The third kappa shape index (κ3) is 6.31. The molecule has 8 heteroatoms. The average Bonchev–Trinajstić information content (AvgIpc) is 2.85. The maximum Gasteiger partial charge on any atom is 0.323 e. The van der Waals surface area contributed by atoms with Gasteiger partial charge in [0.25, 0.3) is 0 Å². The Morgan fingerprint density at radius 2 is 1.64 bits per heavy atom. The van der Waals surface area contributed by atoms with Gasteiger partial charge in [-0.2, -0.15) is 0 Å². The van der Waals surface area contributed by atoms with Gasteiger partial charge in [0.05, 0.1) is 23.1 Å². The highest BCUT2D eigenvalue weighted by atomic mass is 35.5. The SMILES string of the molecule is CCC(C(=O)N(CC(=O)O)c1cc(Cl)c(Oc2ccc(OC)c(C(C)C)c2)c(Cl)c1)c1ccccc1. The Morgan fingerprint density at radius 1 is 1.00 bits per heavy atom.